The van der Waals surface area contributed by atoms with Crippen LogP contribution in [-0.2, 0) is 11.3 Å². The molecular weight excluding hydrogens is 367 g/mol. The predicted octanol–water partition coefficient (Wildman–Crippen LogP) is 3.10. The van der Waals surface area contributed by atoms with Crippen LogP contribution in [0.2, 0.25) is 10.0 Å². The van der Waals surface area contributed by atoms with Crippen molar-refractivity contribution in [3.63, 3.8) is 0 Å². The minimum atomic E-state index is -1.29. The Hall–Kier alpha value is -1.86. The Morgan fingerprint density at radius 1 is 1.24 bits per heavy atom. The molecule has 2 atom stereocenters. The van der Waals surface area contributed by atoms with Crippen LogP contribution in [0.1, 0.15) is 23.8 Å². The zero-order valence-electron chi connectivity index (χ0n) is 13.2. The molecule has 1 aromatic carbocycles. The van der Waals surface area contributed by atoms with Gasteiger partial charge in [-0.2, -0.15) is 0 Å². The zero-order valence-corrected chi connectivity index (χ0v) is 14.7. The number of nitrogens with zero attached hydrogens (tertiary/aromatic N) is 1. The highest BCUT2D eigenvalue weighted by Crippen LogP contribution is 2.26. The van der Waals surface area contributed by atoms with Gasteiger partial charge in [0.1, 0.15) is 12.7 Å². The number of carbonyl (C=O) groups excluding carboxylic acids is 1. The fraction of sp³-hybridized carbons (Fsp3) is 0.294. The summed E-state index contributed by atoms with van der Waals surface area (Å²) in [6.45, 7) is 0.277. The standard InChI is InChI=1S/C17H18Cl2N2O4/c18-12-8-13(19)15(21-9-12)16(23)14(22)6-7-20-17(24)25-10-11-4-2-1-3-5-11/h1-5,8-9,14,16,22-23H,6-7,10H2,(H,20,24). The summed E-state index contributed by atoms with van der Waals surface area (Å²) in [7, 11) is 0. The number of halogens is 2. The SMILES string of the molecule is O=C(NCCC(O)C(O)c1ncc(Cl)cc1Cl)OCc1ccccc1. The highest BCUT2D eigenvalue weighted by molar-refractivity contribution is 6.34. The molecule has 0 radical (unpaired) electrons. The van der Waals surface area contributed by atoms with Crippen molar-refractivity contribution in [3.05, 3.63) is 63.9 Å². The first-order valence-electron chi connectivity index (χ1n) is 7.59. The summed E-state index contributed by atoms with van der Waals surface area (Å²) in [6.07, 6.45) is -1.61. The van der Waals surface area contributed by atoms with Crippen molar-refractivity contribution in [3.8, 4) is 0 Å². The Morgan fingerprint density at radius 3 is 2.64 bits per heavy atom. The molecule has 0 fully saturated rings. The lowest BCUT2D eigenvalue weighted by molar-refractivity contribution is 0.0112. The van der Waals surface area contributed by atoms with Crippen molar-refractivity contribution in [1.29, 1.82) is 0 Å². The van der Waals surface area contributed by atoms with Gasteiger partial charge in [0.05, 0.1) is 21.8 Å². The quantitative estimate of drug-likeness (QED) is 0.681. The molecule has 0 saturated carbocycles. The summed E-state index contributed by atoms with van der Waals surface area (Å²) < 4.78 is 5.04. The number of hydrogen-bond donors (Lipinski definition) is 3. The number of aromatic nitrogens is 1. The second-order valence-corrected chi connectivity index (χ2v) is 6.15. The summed E-state index contributed by atoms with van der Waals surface area (Å²) in [5, 5.41) is 23.1. The smallest absolute Gasteiger partial charge is 0.407 e. The number of nitrogens with one attached hydrogen (secondary N) is 1. The summed E-state index contributed by atoms with van der Waals surface area (Å²) in [6, 6.07) is 10.7. The second-order valence-electron chi connectivity index (χ2n) is 5.31. The zero-order chi connectivity index (χ0) is 18.2. The van der Waals surface area contributed by atoms with Gasteiger partial charge in [0.2, 0.25) is 0 Å². The first kappa shape index (κ1) is 19.5. The van der Waals surface area contributed by atoms with Crippen LogP contribution in [0.25, 0.3) is 0 Å². The third kappa shape index (κ3) is 6.17. The average molecular weight is 385 g/mol. The van der Waals surface area contributed by atoms with Crippen molar-refractivity contribution in [2.24, 2.45) is 0 Å². The normalized spacial score (nSPS) is 13.1. The van der Waals surface area contributed by atoms with Gasteiger partial charge in [-0.1, -0.05) is 53.5 Å². The topological polar surface area (TPSA) is 91.7 Å². The van der Waals surface area contributed by atoms with Gasteiger partial charge >= 0.3 is 6.09 Å². The van der Waals surface area contributed by atoms with E-state index in [0.29, 0.717) is 5.02 Å². The van der Waals surface area contributed by atoms with E-state index in [1.807, 2.05) is 30.3 Å². The van der Waals surface area contributed by atoms with Crippen molar-refractivity contribution in [1.82, 2.24) is 10.3 Å². The number of amides is 1. The average Bonchev–Trinajstić information content (AvgIpc) is 2.60. The van der Waals surface area contributed by atoms with Crippen LogP contribution in [0.5, 0.6) is 0 Å². The number of aliphatic hydroxyl groups is 2. The number of pyridine rings is 1. The fourth-order valence-corrected chi connectivity index (χ4v) is 2.57. The van der Waals surface area contributed by atoms with Crippen LogP contribution >= 0.6 is 23.2 Å². The van der Waals surface area contributed by atoms with Gasteiger partial charge in [-0.15, -0.1) is 0 Å². The van der Waals surface area contributed by atoms with Gasteiger partial charge in [-0.25, -0.2) is 4.79 Å². The second kappa shape index (κ2) is 9.58. The number of alkyl carbamates (subject to hydrolysis) is 1. The van der Waals surface area contributed by atoms with Crippen LogP contribution in [0.15, 0.2) is 42.6 Å². The summed E-state index contributed by atoms with van der Waals surface area (Å²) in [4.78, 5) is 15.5. The van der Waals surface area contributed by atoms with Gasteiger partial charge < -0.3 is 20.3 Å². The number of rotatable bonds is 7. The maximum Gasteiger partial charge on any atom is 0.407 e. The van der Waals surface area contributed by atoms with E-state index in [4.69, 9.17) is 27.9 Å². The molecule has 134 valence electrons. The van der Waals surface area contributed by atoms with Gasteiger partial charge in [0.25, 0.3) is 0 Å². The summed E-state index contributed by atoms with van der Waals surface area (Å²) in [5.74, 6) is 0. The Kier molecular flexibility index (Phi) is 7.46. The molecule has 0 aliphatic heterocycles. The molecule has 3 N–H and O–H groups in total. The Balaban J connectivity index is 1.74. The van der Waals surface area contributed by atoms with Crippen molar-refractivity contribution < 1.29 is 19.7 Å². The molecule has 6 nitrogen and oxygen atoms in total. The number of aliphatic hydroxyl groups excluding tert-OH is 2. The molecule has 0 aliphatic rings. The molecule has 8 heteroatoms. The van der Waals surface area contributed by atoms with E-state index in [0.717, 1.165) is 5.56 Å². The molecule has 1 amide bonds. The Labute approximate surface area is 155 Å². The van der Waals surface area contributed by atoms with E-state index in [1.165, 1.54) is 12.3 Å². The lowest BCUT2D eigenvalue weighted by Gasteiger charge is -2.18. The van der Waals surface area contributed by atoms with Crippen molar-refractivity contribution in [2.45, 2.75) is 25.2 Å². The van der Waals surface area contributed by atoms with Crippen LogP contribution in [0.4, 0.5) is 4.79 Å². The van der Waals surface area contributed by atoms with Crippen LogP contribution in [0.3, 0.4) is 0 Å². The number of benzene rings is 1. The van der Waals surface area contributed by atoms with Crippen molar-refractivity contribution in [2.75, 3.05) is 6.54 Å². The molecule has 0 spiro atoms. The van der Waals surface area contributed by atoms with E-state index in [-0.39, 0.29) is 30.3 Å². The molecule has 2 aromatic rings. The number of carbonyl (C=O) groups is 1. The van der Waals surface area contributed by atoms with Crippen LogP contribution in [-0.4, -0.2) is 33.9 Å². The van der Waals surface area contributed by atoms with E-state index < -0.39 is 18.3 Å². The van der Waals surface area contributed by atoms with Gasteiger partial charge in [0.15, 0.2) is 0 Å². The highest BCUT2D eigenvalue weighted by atomic mass is 35.5. The molecule has 0 saturated heterocycles. The van der Waals surface area contributed by atoms with Gasteiger partial charge in [-0.3, -0.25) is 4.98 Å². The van der Waals surface area contributed by atoms with Crippen LogP contribution in [0, 0.1) is 0 Å². The third-order valence-electron chi connectivity index (χ3n) is 3.40. The molecule has 1 heterocycles. The fourth-order valence-electron chi connectivity index (χ4n) is 2.08. The van der Waals surface area contributed by atoms with E-state index in [2.05, 4.69) is 10.3 Å². The highest BCUT2D eigenvalue weighted by Gasteiger charge is 2.22. The van der Waals surface area contributed by atoms with E-state index >= 15 is 0 Å². The maximum atomic E-state index is 11.6. The Morgan fingerprint density at radius 2 is 1.96 bits per heavy atom. The first-order valence-corrected chi connectivity index (χ1v) is 8.34. The molecule has 0 bridgehead atoms. The number of ether oxygens (including phenoxy) is 1. The van der Waals surface area contributed by atoms with Gasteiger partial charge in [0, 0.05) is 12.7 Å². The monoisotopic (exact) mass is 384 g/mol. The molecule has 25 heavy (non-hydrogen) atoms. The lowest BCUT2D eigenvalue weighted by Crippen LogP contribution is -2.30. The molecule has 1 aromatic heterocycles. The third-order valence-corrected chi connectivity index (χ3v) is 3.91. The summed E-state index contributed by atoms with van der Waals surface area (Å²) >= 11 is 11.7. The van der Waals surface area contributed by atoms with E-state index in [1.54, 1.807) is 0 Å². The molecule has 2 unspecified atom stereocenters. The van der Waals surface area contributed by atoms with Crippen LogP contribution < -0.4 is 5.32 Å². The first-order chi connectivity index (χ1) is 12.0. The van der Waals surface area contributed by atoms with Gasteiger partial charge in [-0.05, 0) is 18.1 Å². The Bertz CT molecular complexity index is 700. The lowest BCUT2D eigenvalue weighted by atomic mass is 10.1. The van der Waals surface area contributed by atoms with Crippen molar-refractivity contribution >= 4 is 29.3 Å². The predicted molar refractivity (Wildman–Crippen MR) is 94.5 cm³/mol. The minimum Gasteiger partial charge on any atom is -0.445 e. The molecular formula is C17H18Cl2N2O4. The molecule has 0 aliphatic carbocycles. The number of hydrogen-bond acceptors (Lipinski definition) is 5. The van der Waals surface area contributed by atoms with E-state index in [9.17, 15) is 15.0 Å². The largest absolute Gasteiger partial charge is 0.445 e. The minimum absolute atomic E-state index is 0.0994. The maximum absolute atomic E-state index is 11.6. The summed E-state index contributed by atoms with van der Waals surface area (Å²) in [5.41, 5.74) is 1.00. The molecule has 2 rings (SSSR count).